The van der Waals surface area contributed by atoms with Crippen molar-refractivity contribution in [2.75, 3.05) is 6.54 Å². The highest BCUT2D eigenvalue weighted by molar-refractivity contribution is 5.81. The van der Waals surface area contributed by atoms with Crippen LogP contribution in [0.25, 0.3) is 0 Å². The fourth-order valence-electron chi connectivity index (χ4n) is 2.85. The first-order valence-electron chi connectivity index (χ1n) is 9.80. The van der Waals surface area contributed by atoms with Crippen LogP contribution in [0.1, 0.15) is 49.8 Å². The van der Waals surface area contributed by atoms with Crippen LogP contribution in [-0.2, 0) is 16.2 Å². The topological polar surface area (TPSA) is 80.3 Å². The molecule has 1 atom stereocenters. The predicted octanol–water partition coefficient (Wildman–Crippen LogP) is 3.14. The number of nitrogens with zero attached hydrogens (tertiary/aromatic N) is 1. The number of amides is 2. The molecule has 1 aromatic heterocycles. The lowest BCUT2D eigenvalue weighted by Crippen LogP contribution is -2.29. The largest absolute Gasteiger partial charge is 0.489 e. The van der Waals surface area contributed by atoms with E-state index in [0.29, 0.717) is 26.0 Å². The molecule has 0 saturated heterocycles. The number of hydrogen-bond donors (Lipinski definition) is 2. The molecule has 28 heavy (non-hydrogen) atoms. The molecule has 1 saturated carbocycles. The molecule has 1 aliphatic carbocycles. The Hall–Kier alpha value is -2.89. The zero-order valence-electron chi connectivity index (χ0n) is 16.2. The van der Waals surface area contributed by atoms with Crippen LogP contribution < -0.4 is 15.4 Å². The molecule has 1 fully saturated rings. The Bertz CT molecular complexity index is 773. The summed E-state index contributed by atoms with van der Waals surface area (Å²) < 4.78 is 5.75. The molecular weight excluding hydrogens is 354 g/mol. The van der Waals surface area contributed by atoms with Gasteiger partial charge in [-0.2, -0.15) is 0 Å². The fraction of sp³-hybridized carbons (Fsp3) is 0.409. The molecule has 1 unspecified atom stereocenters. The molecule has 148 valence electrons. The minimum Gasteiger partial charge on any atom is -0.489 e. The fourth-order valence-corrected chi connectivity index (χ4v) is 2.85. The maximum Gasteiger partial charge on any atom is 0.223 e. The van der Waals surface area contributed by atoms with Gasteiger partial charge in [0.05, 0.1) is 6.04 Å². The smallest absolute Gasteiger partial charge is 0.223 e. The number of aromatic nitrogens is 1. The van der Waals surface area contributed by atoms with Crippen LogP contribution in [-0.4, -0.2) is 23.3 Å². The van der Waals surface area contributed by atoms with Gasteiger partial charge < -0.3 is 15.4 Å². The Morgan fingerprint density at radius 1 is 1.21 bits per heavy atom. The van der Waals surface area contributed by atoms with Crippen molar-refractivity contribution in [2.24, 2.45) is 5.92 Å². The van der Waals surface area contributed by atoms with Gasteiger partial charge in [-0.15, -0.1) is 0 Å². The Kier molecular flexibility index (Phi) is 7.00. The van der Waals surface area contributed by atoms with Crippen LogP contribution >= 0.6 is 0 Å². The summed E-state index contributed by atoms with van der Waals surface area (Å²) in [6, 6.07) is 11.5. The first-order valence-corrected chi connectivity index (χ1v) is 9.80. The van der Waals surface area contributed by atoms with Gasteiger partial charge >= 0.3 is 0 Å². The molecule has 1 heterocycles. The second kappa shape index (κ2) is 9.88. The number of pyridine rings is 1. The number of hydrogen-bond acceptors (Lipinski definition) is 4. The Balaban J connectivity index is 1.36. The quantitative estimate of drug-likeness (QED) is 0.620. The summed E-state index contributed by atoms with van der Waals surface area (Å²) in [6.07, 6.45) is 6.57. The number of benzene rings is 1. The zero-order valence-corrected chi connectivity index (χ0v) is 16.2. The predicted molar refractivity (Wildman–Crippen MR) is 107 cm³/mol. The maximum atomic E-state index is 12.1. The van der Waals surface area contributed by atoms with E-state index < -0.39 is 0 Å². The Labute approximate surface area is 165 Å². The number of carbonyl (C=O) groups excluding carboxylic acids is 2. The van der Waals surface area contributed by atoms with Crippen LogP contribution in [0.5, 0.6) is 5.75 Å². The van der Waals surface area contributed by atoms with Crippen molar-refractivity contribution in [1.29, 1.82) is 0 Å². The standard InChI is InChI=1S/C22H27N3O3/c1-16(25-21(26)5-3-13-24-22(27)19-6-7-19)18-8-10-20(11-9-18)28-15-17-4-2-12-23-14-17/h2,4,8-12,14,16,19H,3,5-7,13,15H2,1H3,(H,24,27)(H,25,26). The minimum absolute atomic E-state index is 0.00919. The van der Waals surface area contributed by atoms with Gasteiger partial charge in [0.1, 0.15) is 12.4 Å². The van der Waals surface area contributed by atoms with Crippen molar-refractivity contribution in [3.05, 3.63) is 59.9 Å². The third-order valence-corrected chi connectivity index (χ3v) is 4.71. The van der Waals surface area contributed by atoms with Crippen molar-refractivity contribution >= 4 is 11.8 Å². The van der Waals surface area contributed by atoms with Crippen LogP contribution in [0.4, 0.5) is 0 Å². The Morgan fingerprint density at radius 3 is 2.68 bits per heavy atom. The molecule has 0 aliphatic heterocycles. The summed E-state index contributed by atoms with van der Waals surface area (Å²) in [7, 11) is 0. The van der Waals surface area contributed by atoms with Gasteiger partial charge in [-0.3, -0.25) is 14.6 Å². The molecule has 1 aromatic carbocycles. The lowest BCUT2D eigenvalue weighted by atomic mass is 10.1. The van der Waals surface area contributed by atoms with Crippen molar-refractivity contribution in [3.63, 3.8) is 0 Å². The molecule has 0 spiro atoms. The summed E-state index contributed by atoms with van der Waals surface area (Å²) in [4.78, 5) is 27.7. The van der Waals surface area contributed by atoms with Gasteiger partial charge in [-0.1, -0.05) is 18.2 Å². The number of ether oxygens (including phenoxy) is 1. The number of nitrogens with one attached hydrogen (secondary N) is 2. The first-order chi connectivity index (χ1) is 13.6. The van der Waals surface area contributed by atoms with Crippen LogP contribution in [0.15, 0.2) is 48.8 Å². The second-order valence-corrected chi connectivity index (χ2v) is 7.18. The van der Waals surface area contributed by atoms with E-state index in [0.717, 1.165) is 29.7 Å². The molecule has 2 aromatic rings. The van der Waals surface area contributed by atoms with E-state index in [1.165, 1.54) is 0 Å². The molecule has 2 N–H and O–H groups in total. The molecule has 6 heteroatoms. The molecule has 6 nitrogen and oxygen atoms in total. The molecule has 1 aliphatic rings. The van der Waals surface area contributed by atoms with Gasteiger partial charge in [-0.05, 0) is 49.9 Å². The van der Waals surface area contributed by atoms with Gasteiger partial charge in [0.25, 0.3) is 0 Å². The molecule has 2 amide bonds. The van der Waals surface area contributed by atoms with Gasteiger partial charge in [0.2, 0.25) is 11.8 Å². The Morgan fingerprint density at radius 2 is 2.00 bits per heavy atom. The van der Waals surface area contributed by atoms with Crippen molar-refractivity contribution in [2.45, 2.75) is 45.3 Å². The molecule has 3 rings (SSSR count). The number of carbonyl (C=O) groups is 2. The SMILES string of the molecule is CC(NC(=O)CCCNC(=O)C1CC1)c1ccc(OCc2cccnc2)cc1. The minimum atomic E-state index is -0.0825. The van der Waals surface area contributed by atoms with E-state index in [-0.39, 0.29) is 23.8 Å². The summed E-state index contributed by atoms with van der Waals surface area (Å²) >= 11 is 0. The van der Waals surface area contributed by atoms with Crippen molar-refractivity contribution < 1.29 is 14.3 Å². The van der Waals surface area contributed by atoms with Crippen LogP contribution in [0.3, 0.4) is 0 Å². The van der Waals surface area contributed by atoms with Gasteiger partial charge in [-0.25, -0.2) is 0 Å². The normalized spacial score (nSPS) is 14.2. The average molecular weight is 381 g/mol. The maximum absolute atomic E-state index is 12.1. The highest BCUT2D eigenvalue weighted by Crippen LogP contribution is 2.28. The van der Waals surface area contributed by atoms with Crippen molar-refractivity contribution in [3.8, 4) is 5.75 Å². The van der Waals surface area contributed by atoms with Crippen LogP contribution in [0.2, 0.25) is 0 Å². The van der Waals surface area contributed by atoms with E-state index in [1.54, 1.807) is 12.4 Å². The lowest BCUT2D eigenvalue weighted by Gasteiger charge is -2.15. The van der Waals surface area contributed by atoms with E-state index in [1.807, 2.05) is 43.3 Å². The average Bonchev–Trinajstić information content (AvgIpc) is 3.56. The molecule has 0 radical (unpaired) electrons. The third-order valence-electron chi connectivity index (χ3n) is 4.71. The van der Waals surface area contributed by atoms with Gasteiger partial charge in [0, 0.05) is 36.8 Å². The summed E-state index contributed by atoms with van der Waals surface area (Å²) in [6.45, 7) is 2.98. The lowest BCUT2D eigenvalue weighted by molar-refractivity contribution is -0.123. The van der Waals surface area contributed by atoms with E-state index >= 15 is 0 Å². The number of rotatable bonds is 10. The summed E-state index contributed by atoms with van der Waals surface area (Å²) in [5.41, 5.74) is 2.03. The van der Waals surface area contributed by atoms with Gasteiger partial charge in [0.15, 0.2) is 0 Å². The summed E-state index contributed by atoms with van der Waals surface area (Å²) in [5.74, 6) is 1.10. The second-order valence-electron chi connectivity index (χ2n) is 7.18. The third kappa shape index (κ3) is 6.37. The monoisotopic (exact) mass is 381 g/mol. The highest BCUT2D eigenvalue weighted by Gasteiger charge is 2.28. The summed E-state index contributed by atoms with van der Waals surface area (Å²) in [5, 5.41) is 5.87. The molecular formula is C22H27N3O3. The first kappa shape index (κ1) is 19.9. The molecule has 0 bridgehead atoms. The zero-order chi connectivity index (χ0) is 19.8. The van der Waals surface area contributed by atoms with Crippen molar-refractivity contribution in [1.82, 2.24) is 15.6 Å². The van der Waals surface area contributed by atoms with E-state index in [4.69, 9.17) is 4.74 Å². The van der Waals surface area contributed by atoms with E-state index in [9.17, 15) is 9.59 Å². The van der Waals surface area contributed by atoms with E-state index in [2.05, 4.69) is 15.6 Å². The van der Waals surface area contributed by atoms with Crippen LogP contribution in [0, 0.1) is 5.92 Å². The highest BCUT2D eigenvalue weighted by atomic mass is 16.5.